The van der Waals surface area contributed by atoms with Crippen LogP contribution in [0.5, 0.6) is 0 Å². The van der Waals surface area contributed by atoms with Crippen LogP contribution in [0.25, 0.3) is 0 Å². The minimum atomic E-state index is -0.803. The van der Waals surface area contributed by atoms with Crippen molar-refractivity contribution < 1.29 is 9.90 Å². The summed E-state index contributed by atoms with van der Waals surface area (Å²) in [6.45, 7) is 2.68. The van der Waals surface area contributed by atoms with E-state index in [9.17, 15) is 9.90 Å². The molecule has 1 N–H and O–H groups in total. The van der Waals surface area contributed by atoms with Crippen molar-refractivity contribution in [1.82, 2.24) is 4.90 Å². The molecule has 1 amide bonds. The third kappa shape index (κ3) is 2.80. The number of allylic oxidation sites excluding steroid dienone is 1. The van der Waals surface area contributed by atoms with E-state index < -0.39 is 6.09 Å². The third-order valence-electron chi connectivity index (χ3n) is 4.31. The molecule has 0 radical (unpaired) electrons. The molecule has 1 aliphatic carbocycles. The average Bonchev–Trinajstić information content (AvgIpc) is 2.90. The second-order valence-corrected chi connectivity index (χ2v) is 5.76. The summed E-state index contributed by atoms with van der Waals surface area (Å²) < 4.78 is 0. The Hall–Kier alpha value is -2.21. The average molecular weight is 281 g/mol. The van der Waals surface area contributed by atoms with Crippen LogP contribution >= 0.6 is 0 Å². The monoisotopic (exact) mass is 281 g/mol. The van der Waals surface area contributed by atoms with Crippen molar-refractivity contribution >= 4 is 6.09 Å². The van der Waals surface area contributed by atoms with Gasteiger partial charge in [0.1, 0.15) is 0 Å². The molecule has 1 aromatic carbocycles. The molecule has 3 rings (SSSR count). The number of amides is 1. The fourth-order valence-electron chi connectivity index (χ4n) is 3.31. The van der Waals surface area contributed by atoms with Crippen molar-refractivity contribution in [3.63, 3.8) is 0 Å². The lowest BCUT2D eigenvalue weighted by molar-refractivity contribution is 0.140. The fourth-order valence-corrected chi connectivity index (χ4v) is 3.31. The van der Waals surface area contributed by atoms with E-state index in [1.54, 1.807) is 4.90 Å². The summed E-state index contributed by atoms with van der Waals surface area (Å²) in [4.78, 5) is 12.8. The standard InChI is InChI=1S/C18H19NO2/c1-13-4-2-5-14(12-13)8-9-15-6-3-7-17-16(15)10-11-19(17)18(20)21/h2,4-5,12,17H,3,6-7,10-11H2,1H3,(H,20,21). The topological polar surface area (TPSA) is 40.5 Å². The molecule has 0 aromatic heterocycles. The highest BCUT2D eigenvalue weighted by molar-refractivity contribution is 5.67. The zero-order valence-corrected chi connectivity index (χ0v) is 12.2. The Morgan fingerprint density at radius 3 is 2.95 bits per heavy atom. The van der Waals surface area contributed by atoms with E-state index in [0.717, 1.165) is 36.8 Å². The number of hydrogen-bond acceptors (Lipinski definition) is 1. The number of benzene rings is 1. The first-order chi connectivity index (χ1) is 10.1. The van der Waals surface area contributed by atoms with Gasteiger partial charge >= 0.3 is 6.09 Å². The van der Waals surface area contributed by atoms with Crippen LogP contribution in [0.2, 0.25) is 0 Å². The zero-order valence-electron chi connectivity index (χ0n) is 12.2. The molecule has 0 bridgehead atoms. The number of carboxylic acid groups (broad SMARTS) is 1. The summed E-state index contributed by atoms with van der Waals surface area (Å²) >= 11 is 0. The predicted molar refractivity (Wildman–Crippen MR) is 82.1 cm³/mol. The van der Waals surface area contributed by atoms with Gasteiger partial charge in [-0.3, -0.25) is 0 Å². The summed E-state index contributed by atoms with van der Waals surface area (Å²) in [5.74, 6) is 6.54. The highest BCUT2D eigenvalue weighted by Gasteiger charge is 2.35. The van der Waals surface area contributed by atoms with Crippen molar-refractivity contribution in [2.75, 3.05) is 6.54 Å². The normalized spacial score (nSPS) is 20.8. The largest absolute Gasteiger partial charge is 0.465 e. The molecule has 3 heteroatoms. The van der Waals surface area contributed by atoms with Gasteiger partial charge in [-0.1, -0.05) is 24.0 Å². The Morgan fingerprint density at radius 2 is 2.19 bits per heavy atom. The molecule has 3 nitrogen and oxygen atoms in total. The Bertz CT molecular complexity index is 663. The summed E-state index contributed by atoms with van der Waals surface area (Å²) in [6.07, 6.45) is 2.99. The van der Waals surface area contributed by atoms with E-state index in [4.69, 9.17) is 0 Å². The molecule has 1 aliphatic heterocycles. The number of fused-ring (bicyclic) bond motifs is 1. The number of nitrogens with zero attached hydrogens (tertiary/aromatic N) is 1. The van der Waals surface area contributed by atoms with Gasteiger partial charge < -0.3 is 10.0 Å². The van der Waals surface area contributed by atoms with Gasteiger partial charge in [0.2, 0.25) is 0 Å². The molecule has 2 aliphatic rings. The first-order valence-electron chi connectivity index (χ1n) is 7.45. The van der Waals surface area contributed by atoms with E-state index >= 15 is 0 Å². The van der Waals surface area contributed by atoms with Crippen molar-refractivity contribution in [2.45, 2.75) is 38.6 Å². The molecular formula is C18H19NO2. The van der Waals surface area contributed by atoms with Gasteiger partial charge in [0.05, 0.1) is 6.04 Å². The quantitative estimate of drug-likeness (QED) is 0.738. The summed E-state index contributed by atoms with van der Waals surface area (Å²) in [6, 6.07) is 8.24. The number of rotatable bonds is 0. The zero-order chi connectivity index (χ0) is 14.8. The maximum absolute atomic E-state index is 11.2. The fraction of sp³-hybridized carbons (Fsp3) is 0.389. The first-order valence-corrected chi connectivity index (χ1v) is 7.45. The van der Waals surface area contributed by atoms with Crippen LogP contribution in [0.15, 0.2) is 35.4 Å². The van der Waals surface area contributed by atoms with E-state index in [2.05, 4.69) is 30.9 Å². The van der Waals surface area contributed by atoms with Crippen molar-refractivity contribution in [3.8, 4) is 11.8 Å². The second-order valence-electron chi connectivity index (χ2n) is 5.76. The number of aryl methyl sites for hydroxylation is 1. The molecule has 108 valence electrons. The Labute approximate surface area is 125 Å². The SMILES string of the molecule is Cc1cccc(C#CC2=C3CCN(C(=O)O)C3CCC2)c1. The van der Waals surface area contributed by atoms with E-state index in [1.165, 1.54) is 11.1 Å². The minimum Gasteiger partial charge on any atom is -0.465 e. The van der Waals surface area contributed by atoms with Crippen molar-refractivity contribution in [1.29, 1.82) is 0 Å². The van der Waals surface area contributed by atoms with Crippen LogP contribution in [0, 0.1) is 18.8 Å². The highest BCUT2D eigenvalue weighted by Crippen LogP contribution is 2.35. The van der Waals surface area contributed by atoms with Crippen molar-refractivity contribution in [2.24, 2.45) is 0 Å². The van der Waals surface area contributed by atoms with E-state index in [0.29, 0.717) is 6.54 Å². The molecule has 0 spiro atoms. The van der Waals surface area contributed by atoms with Crippen LogP contribution in [0.3, 0.4) is 0 Å². The van der Waals surface area contributed by atoms with Gasteiger partial charge in [-0.25, -0.2) is 4.79 Å². The van der Waals surface area contributed by atoms with Crippen LogP contribution in [0.4, 0.5) is 4.79 Å². The molecule has 1 unspecified atom stereocenters. The summed E-state index contributed by atoms with van der Waals surface area (Å²) in [5.41, 5.74) is 4.65. The second kappa shape index (κ2) is 5.65. The lowest BCUT2D eigenvalue weighted by Gasteiger charge is -2.26. The van der Waals surface area contributed by atoms with Crippen LogP contribution in [-0.4, -0.2) is 28.7 Å². The molecule has 1 aromatic rings. The van der Waals surface area contributed by atoms with Crippen LogP contribution < -0.4 is 0 Å². The first kappa shape index (κ1) is 13.8. The van der Waals surface area contributed by atoms with Crippen LogP contribution in [0.1, 0.15) is 36.8 Å². The smallest absolute Gasteiger partial charge is 0.407 e. The maximum atomic E-state index is 11.2. The number of hydrogen-bond donors (Lipinski definition) is 1. The minimum absolute atomic E-state index is 0.0676. The van der Waals surface area contributed by atoms with E-state index in [-0.39, 0.29) is 6.04 Å². The molecule has 1 saturated heterocycles. The molecule has 1 heterocycles. The molecule has 0 saturated carbocycles. The van der Waals surface area contributed by atoms with Crippen molar-refractivity contribution in [3.05, 3.63) is 46.5 Å². The summed E-state index contributed by atoms with van der Waals surface area (Å²) in [5, 5.41) is 9.24. The lowest BCUT2D eigenvalue weighted by atomic mass is 9.88. The molecular weight excluding hydrogens is 262 g/mol. The van der Waals surface area contributed by atoms with Gasteiger partial charge in [-0.05, 0) is 55.9 Å². The lowest BCUT2D eigenvalue weighted by Crippen LogP contribution is -2.36. The Balaban J connectivity index is 1.89. The number of likely N-dealkylation sites (tertiary alicyclic amines) is 1. The Morgan fingerprint density at radius 1 is 1.33 bits per heavy atom. The molecule has 1 fully saturated rings. The van der Waals surface area contributed by atoms with Gasteiger partial charge in [-0.2, -0.15) is 0 Å². The van der Waals surface area contributed by atoms with E-state index in [1.807, 2.05) is 12.1 Å². The molecule has 1 atom stereocenters. The van der Waals surface area contributed by atoms with Gasteiger partial charge in [0.15, 0.2) is 0 Å². The molecule has 21 heavy (non-hydrogen) atoms. The van der Waals surface area contributed by atoms with Gasteiger partial charge in [0, 0.05) is 17.7 Å². The maximum Gasteiger partial charge on any atom is 0.407 e. The highest BCUT2D eigenvalue weighted by atomic mass is 16.4. The summed E-state index contributed by atoms with van der Waals surface area (Å²) in [7, 11) is 0. The predicted octanol–water partition coefficient (Wildman–Crippen LogP) is 3.58. The van der Waals surface area contributed by atoms with Gasteiger partial charge in [-0.15, -0.1) is 0 Å². The number of carbonyl (C=O) groups is 1. The Kier molecular flexibility index (Phi) is 3.70. The van der Waals surface area contributed by atoms with Crippen LogP contribution in [-0.2, 0) is 0 Å². The van der Waals surface area contributed by atoms with Gasteiger partial charge in [0.25, 0.3) is 0 Å². The third-order valence-corrected chi connectivity index (χ3v) is 4.31.